The molecule has 0 unspecified atom stereocenters. The molecule has 1 atom stereocenters. The monoisotopic (exact) mass is 412 g/mol. The minimum atomic E-state index is -0.312. The summed E-state index contributed by atoms with van der Waals surface area (Å²) in [6.07, 6.45) is 0.900. The van der Waals surface area contributed by atoms with Crippen molar-refractivity contribution in [1.29, 1.82) is 0 Å². The van der Waals surface area contributed by atoms with E-state index in [2.05, 4.69) is 18.3 Å². The Labute approximate surface area is 175 Å². The van der Waals surface area contributed by atoms with Crippen LogP contribution >= 0.6 is 0 Å². The second-order valence-electron chi connectivity index (χ2n) is 7.88. The highest BCUT2D eigenvalue weighted by Gasteiger charge is 2.28. The molecule has 1 aliphatic heterocycles. The summed E-state index contributed by atoms with van der Waals surface area (Å²) in [4.78, 5) is 13.5. The van der Waals surface area contributed by atoms with Crippen molar-refractivity contribution in [1.82, 2.24) is 0 Å². The smallest absolute Gasteiger partial charge is 0.336 e. The maximum Gasteiger partial charge on any atom is 0.336 e. The van der Waals surface area contributed by atoms with Crippen molar-refractivity contribution in [3.05, 3.63) is 81.5 Å². The molecule has 5 nitrogen and oxygen atoms in total. The van der Waals surface area contributed by atoms with E-state index in [4.69, 9.17) is 9.15 Å². The van der Waals surface area contributed by atoms with Crippen LogP contribution in [0.3, 0.4) is 0 Å². The van der Waals surface area contributed by atoms with E-state index in [1.165, 1.54) is 17.0 Å². The first kappa shape index (κ1) is 20.7. The average molecular weight is 413 g/mol. The zero-order chi connectivity index (χ0) is 20.9. The number of aryl methyl sites for hydroxylation is 1. The van der Waals surface area contributed by atoms with E-state index in [0.29, 0.717) is 12.1 Å². The van der Waals surface area contributed by atoms with Gasteiger partial charge in [-0.3, -0.25) is 0 Å². The van der Waals surface area contributed by atoms with Gasteiger partial charge < -0.3 is 19.4 Å². The van der Waals surface area contributed by atoms with Gasteiger partial charge in [-0.05, 0) is 42.3 Å². The largest absolute Gasteiger partial charge is 0.423 e. The number of quaternary nitrogens is 2. The lowest BCUT2D eigenvalue weighted by atomic mass is 10.0. The van der Waals surface area contributed by atoms with Crippen molar-refractivity contribution in [3.63, 3.8) is 0 Å². The summed E-state index contributed by atoms with van der Waals surface area (Å²) in [5.41, 5.74) is 3.61. The van der Waals surface area contributed by atoms with Crippen molar-refractivity contribution in [2.75, 3.05) is 32.8 Å². The van der Waals surface area contributed by atoms with Crippen LogP contribution in [-0.2, 0) is 17.7 Å². The van der Waals surface area contributed by atoms with Crippen LogP contribution in [0.25, 0.3) is 11.0 Å². The Hall–Kier alpha value is -2.54. The zero-order valence-corrected chi connectivity index (χ0v) is 17.3. The molecule has 0 radical (unpaired) electrons. The quantitative estimate of drug-likeness (QED) is 0.574. The number of hydrogen-bond acceptors (Lipinski definition) is 3. The topological polar surface area (TPSA) is 60.5 Å². The molecule has 1 fully saturated rings. The van der Waals surface area contributed by atoms with Gasteiger partial charge in [0.05, 0.1) is 13.2 Å². The van der Waals surface area contributed by atoms with Gasteiger partial charge in [0.15, 0.2) is 6.04 Å². The van der Waals surface area contributed by atoms with Crippen LogP contribution in [0.5, 0.6) is 0 Å². The number of fused-ring (bicyclic) bond motifs is 1. The van der Waals surface area contributed by atoms with Crippen molar-refractivity contribution in [3.8, 4) is 0 Å². The molecule has 0 bridgehead atoms. The second-order valence-corrected chi connectivity index (χ2v) is 7.88. The molecule has 1 aliphatic rings. The molecule has 2 aromatic carbocycles. The van der Waals surface area contributed by atoms with Crippen LogP contribution in [0.1, 0.15) is 29.7 Å². The van der Waals surface area contributed by atoms with Crippen molar-refractivity contribution < 1.29 is 23.8 Å². The number of ether oxygens (including phenoxy) is 1. The predicted molar refractivity (Wildman–Crippen MR) is 113 cm³/mol. The van der Waals surface area contributed by atoms with Gasteiger partial charge in [-0.15, -0.1) is 0 Å². The lowest BCUT2D eigenvalue weighted by Crippen LogP contribution is -3.16. The molecule has 0 spiro atoms. The summed E-state index contributed by atoms with van der Waals surface area (Å²) in [5.74, 6) is -0.215. The van der Waals surface area contributed by atoms with Gasteiger partial charge in [0.1, 0.15) is 37.6 Å². The summed E-state index contributed by atoms with van der Waals surface area (Å²) in [6, 6.07) is 14.8. The zero-order valence-electron chi connectivity index (χ0n) is 17.3. The molecule has 6 heteroatoms. The van der Waals surface area contributed by atoms with Crippen LogP contribution in [0.15, 0.2) is 57.7 Å². The van der Waals surface area contributed by atoms with E-state index < -0.39 is 0 Å². The second kappa shape index (κ2) is 9.51. The Bertz CT molecular complexity index is 1040. The Morgan fingerprint density at radius 2 is 1.87 bits per heavy atom. The van der Waals surface area contributed by atoms with Crippen molar-refractivity contribution in [2.24, 2.45) is 0 Å². The van der Waals surface area contributed by atoms with Crippen LogP contribution in [-0.4, -0.2) is 32.8 Å². The Morgan fingerprint density at radius 3 is 2.60 bits per heavy atom. The van der Waals surface area contributed by atoms with Crippen LogP contribution in [0.2, 0.25) is 0 Å². The van der Waals surface area contributed by atoms with E-state index in [0.717, 1.165) is 61.3 Å². The molecular formula is C24H29FN2O3+2. The maximum atomic E-state index is 13.4. The summed E-state index contributed by atoms with van der Waals surface area (Å²) >= 11 is 0. The molecule has 0 saturated carbocycles. The van der Waals surface area contributed by atoms with Gasteiger partial charge >= 0.3 is 5.63 Å². The number of morpholine rings is 1. The molecule has 4 rings (SSSR count). The Morgan fingerprint density at radius 1 is 1.10 bits per heavy atom. The molecule has 0 amide bonds. The lowest BCUT2D eigenvalue weighted by Gasteiger charge is -2.30. The van der Waals surface area contributed by atoms with E-state index in [-0.39, 0.29) is 17.5 Å². The van der Waals surface area contributed by atoms with Gasteiger partial charge in [0, 0.05) is 22.6 Å². The first-order chi connectivity index (χ1) is 14.6. The Balaban J connectivity index is 1.53. The molecule has 2 heterocycles. The number of halogens is 1. The third-order valence-corrected chi connectivity index (χ3v) is 5.97. The fourth-order valence-electron chi connectivity index (χ4n) is 4.28. The summed E-state index contributed by atoms with van der Waals surface area (Å²) in [6.45, 7) is 6.99. The molecule has 0 aliphatic carbocycles. The average Bonchev–Trinajstić information content (AvgIpc) is 2.77. The highest BCUT2D eigenvalue weighted by Crippen LogP contribution is 2.18. The number of hydrogen-bond donors (Lipinski definition) is 2. The summed E-state index contributed by atoms with van der Waals surface area (Å²) in [7, 11) is 0. The van der Waals surface area contributed by atoms with Crippen LogP contribution in [0.4, 0.5) is 4.39 Å². The predicted octanol–water partition coefficient (Wildman–Crippen LogP) is 1.21. The highest BCUT2D eigenvalue weighted by molar-refractivity contribution is 5.80. The Kier molecular flexibility index (Phi) is 6.57. The van der Waals surface area contributed by atoms with E-state index >= 15 is 0 Å². The van der Waals surface area contributed by atoms with Gasteiger partial charge in [-0.1, -0.05) is 19.1 Å². The summed E-state index contributed by atoms with van der Waals surface area (Å²) < 4.78 is 24.4. The number of benzene rings is 2. The van der Waals surface area contributed by atoms with E-state index in [9.17, 15) is 9.18 Å². The van der Waals surface area contributed by atoms with Gasteiger partial charge in [0.2, 0.25) is 0 Å². The first-order valence-corrected chi connectivity index (χ1v) is 10.7. The summed E-state index contributed by atoms with van der Waals surface area (Å²) in [5, 5.41) is 3.22. The van der Waals surface area contributed by atoms with Gasteiger partial charge in [-0.2, -0.15) is 0 Å². The lowest BCUT2D eigenvalue weighted by molar-refractivity contribution is -0.952. The number of nitrogens with one attached hydrogen (secondary N) is 1. The molecule has 1 saturated heterocycles. The minimum absolute atomic E-state index is 0.215. The van der Waals surface area contributed by atoms with E-state index in [1.54, 1.807) is 6.07 Å². The SMILES string of the molecule is CCc1ccc2c(C[NH2+]C[C@@H](c3ccc(F)cc3)[NH+]3CCOCC3)cc(=O)oc2c1. The fourth-order valence-corrected chi connectivity index (χ4v) is 4.28. The van der Waals surface area contributed by atoms with Gasteiger partial charge in [0.25, 0.3) is 0 Å². The van der Waals surface area contributed by atoms with Crippen molar-refractivity contribution in [2.45, 2.75) is 25.9 Å². The number of rotatable bonds is 7. The van der Waals surface area contributed by atoms with Crippen LogP contribution in [0, 0.1) is 5.82 Å². The molecule has 3 aromatic rings. The van der Waals surface area contributed by atoms with Crippen LogP contribution < -0.4 is 15.8 Å². The van der Waals surface area contributed by atoms with Crippen molar-refractivity contribution >= 4 is 11.0 Å². The molecule has 30 heavy (non-hydrogen) atoms. The van der Waals surface area contributed by atoms with E-state index in [1.807, 2.05) is 24.3 Å². The standard InChI is InChI=1S/C24H27FN2O3/c1-2-17-3-8-21-19(14-24(28)30-23(21)13-17)15-26-16-22(27-9-11-29-12-10-27)18-4-6-20(25)7-5-18/h3-8,13-14,22,26H,2,9-12,15-16H2,1H3/p+2/t22-/m0/s1. The molecule has 3 N–H and O–H groups in total. The molecule has 158 valence electrons. The highest BCUT2D eigenvalue weighted by atomic mass is 19.1. The van der Waals surface area contributed by atoms with Gasteiger partial charge in [-0.25, -0.2) is 9.18 Å². The molecule has 1 aromatic heterocycles. The molecular weight excluding hydrogens is 383 g/mol. The third kappa shape index (κ3) is 4.78. The normalized spacial score (nSPS) is 16.1. The fraction of sp³-hybridized carbons (Fsp3) is 0.375. The third-order valence-electron chi connectivity index (χ3n) is 5.97. The first-order valence-electron chi connectivity index (χ1n) is 10.7. The minimum Gasteiger partial charge on any atom is -0.423 e. The maximum absolute atomic E-state index is 13.4. The number of nitrogens with two attached hydrogens (primary N) is 1.